The van der Waals surface area contributed by atoms with E-state index in [0.29, 0.717) is 23.4 Å². The molecule has 23 heavy (non-hydrogen) atoms. The van der Waals surface area contributed by atoms with Crippen LogP contribution >= 0.6 is 15.9 Å². The molecule has 1 aromatic carbocycles. The zero-order chi connectivity index (χ0) is 15.6. The molecule has 0 N–H and O–H groups in total. The predicted molar refractivity (Wildman–Crippen MR) is 84.8 cm³/mol. The Labute approximate surface area is 139 Å². The number of hydrogen-bond acceptors (Lipinski definition) is 6. The fourth-order valence-corrected chi connectivity index (χ4v) is 2.55. The maximum absolute atomic E-state index is 5.63. The van der Waals surface area contributed by atoms with Gasteiger partial charge >= 0.3 is 6.01 Å². The molecule has 0 unspecified atom stereocenters. The van der Waals surface area contributed by atoms with Gasteiger partial charge in [-0.15, -0.1) is 15.3 Å². The third kappa shape index (κ3) is 2.68. The highest BCUT2D eigenvalue weighted by Crippen LogP contribution is 2.26. The summed E-state index contributed by atoms with van der Waals surface area (Å²) in [6.45, 7) is 0.118. The van der Waals surface area contributed by atoms with Crippen molar-refractivity contribution < 1.29 is 9.15 Å². The summed E-state index contributed by atoms with van der Waals surface area (Å²) < 4.78 is 13.9. The monoisotopic (exact) mass is 371 g/mol. The number of aromatic nitrogens is 5. The fourth-order valence-electron chi connectivity index (χ4n) is 2.10. The van der Waals surface area contributed by atoms with Gasteiger partial charge in [0.25, 0.3) is 5.89 Å². The van der Waals surface area contributed by atoms with Gasteiger partial charge in [0, 0.05) is 10.7 Å². The zero-order valence-corrected chi connectivity index (χ0v) is 13.3. The van der Waals surface area contributed by atoms with Crippen molar-refractivity contribution in [3.8, 4) is 17.5 Å². The summed E-state index contributed by atoms with van der Waals surface area (Å²) in [7, 11) is 0. The lowest BCUT2D eigenvalue weighted by atomic mass is 10.2. The summed E-state index contributed by atoms with van der Waals surface area (Å²) in [5.74, 6) is 0.797. The standard InChI is InChI=1S/C15H10BrN5O2/c16-11-6-2-1-5-10(11)14-19-18-13(23-14)9-22-15-20-17-12-7-3-4-8-21(12)15/h1-8H,9H2. The van der Waals surface area contributed by atoms with Crippen LogP contribution in [-0.4, -0.2) is 24.8 Å². The fraction of sp³-hybridized carbons (Fsp3) is 0.0667. The number of benzene rings is 1. The Balaban J connectivity index is 1.53. The van der Waals surface area contributed by atoms with Crippen molar-refractivity contribution in [2.75, 3.05) is 0 Å². The van der Waals surface area contributed by atoms with Crippen molar-refractivity contribution in [1.29, 1.82) is 0 Å². The number of nitrogens with zero attached hydrogens (tertiary/aromatic N) is 5. The van der Waals surface area contributed by atoms with Gasteiger partial charge in [-0.25, -0.2) is 0 Å². The largest absolute Gasteiger partial charge is 0.453 e. The molecule has 0 spiro atoms. The Morgan fingerprint density at radius 3 is 2.78 bits per heavy atom. The average molecular weight is 372 g/mol. The van der Waals surface area contributed by atoms with Crippen molar-refractivity contribution >= 4 is 21.6 Å². The topological polar surface area (TPSA) is 78.3 Å². The minimum atomic E-state index is 0.118. The van der Waals surface area contributed by atoms with E-state index in [0.717, 1.165) is 10.0 Å². The van der Waals surface area contributed by atoms with Crippen LogP contribution in [0, 0.1) is 0 Å². The molecule has 4 rings (SSSR count). The normalized spacial score (nSPS) is 11.0. The predicted octanol–water partition coefficient (Wildman–Crippen LogP) is 3.12. The van der Waals surface area contributed by atoms with Crippen molar-refractivity contribution in [2.24, 2.45) is 0 Å². The number of fused-ring (bicyclic) bond motifs is 1. The molecule has 0 saturated carbocycles. The van der Waals surface area contributed by atoms with Crippen LogP contribution in [0.3, 0.4) is 0 Å². The molecule has 0 amide bonds. The van der Waals surface area contributed by atoms with Crippen LogP contribution < -0.4 is 4.74 Å². The van der Waals surface area contributed by atoms with E-state index in [4.69, 9.17) is 9.15 Å². The van der Waals surface area contributed by atoms with Gasteiger partial charge in [-0.3, -0.25) is 4.40 Å². The van der Waals surface area contributed by atoms with Crippen LogP contribution in [0.15, 0.2) is 57.6 Å². The molecule has 0 bridgehead atoms. The highest BCUT2D eigenvalue weighted by Gasteiger charge is 2.13. The van der Waals surface area contributed by atoms with Gasteiger partial charge in [0.2, 0.25) is 5.89 Å². The number of ether oxygens (including phenoxy) is 1. The molecule has 0 aliphatic carbocycles. The van der Waals surface area contributed by atoms with E-state index in [1.54, 1.807) is 4.40 Å². The first-order chi connectivity index (χ1) is 11.3. The molecule has 0 radical (unpaired) electrons. The Bertz CT molecular complexity index is 965. The van der Waals surface area contributed by atoms with Gasteiger partial charge in [-0.2, -0.15) is 0 Å². The quantitative estimate of drug-likeness (QED) is 0.548. The molecule has 114 valence electrons. The Morgan fingerprint density at radius 2 is 1.87 bits per heavy atom. The Hall–Kier alpha value is -2.74. The number of halogens is 1. The molecule has 0 fully saturated rings. The van der Waals surface area contributed by atoms with Crippen molar-refractivity contribution in [2.45, 2.75) is 6.61 Å². The first-order valence-electron chi connectivity index (χ1n) is 6.81. The lowest BCUT2D eigenvalue weighted by molar-refractivity contribution is 0.242. The van der Waals surface area contributed by atoms with E-state index in [-0.39, 0.29) is 6.61 Å². The molecule has 0 aliphatic rings. The van der Waals surface area contributed by atoms with Crippen molar-refractivity contribution in [3.63, 3.8) is 0 Å². The van der Waals surface area contributed by atoms with Crippen LogP contribution in [0.5, 0.6) is 6.01 Å². The van der Waals surface area contributed by atoms with Crippen LogP contribution in [0.25, 0.3) is 17.1 Å². The Kier molecular flexibility index (Phi) is 3.51. The molecule has 0 saturated heterocycles. The van der Waals surface area contributed by atoms with Crippen LogP contribution in [0.2, 0.25) is 0 Å². The van der Waals surface area contributed by atoms with Gasteiger partial charge in [-0.1, -0.05) is 23.3 Å². The van der Waals surface area contributed by atoms with Crippen LogP contribution in [0.4, 0.5) is 0 Å². The van der Waals surface area contributed by atoms with E-state index in [1.807, 2.05) is 48.7 Å². The number of hydrogen-bond donors (Lipinski definition) is 0. The third-order valence-electron chi connectivity index (χ3n) is 3.18. The molecular weight excluding hydrogens is 362 g/mol. The third-order valence-corrected chi connectivity index (χ3v) is 3.87. The highest BCUT2D eigenvalue weighted by atomic mass is 79.9. The summed E-state index contributed by atoms with van der Waals surface area (Å²) in [5, 5.41) is 16.0. The summed E-state index contributed by atoms with van der Waals surface area (Å²) >= 11 is 3.46. The van der Waals surface area contributed by atoms with Crippen LogP contribution in [-0.2, 0) is 6.61 Å². The van der Waals surface area contributed by atoms with E-state index in [2.05, 4.69) is 36.3 Å². The second kappa shape index (κ2) is 5.81. The lowest BCUT2D eigenvalue weighted by Crippen LogP contribution is -1.99. The molecule has 4 aromatic rings. The first kappa shape index (κ1) is 13.9. The van der Waals surface area contributed by atoms with E-state index < -0.39 is 0 Å². The second-order valence-corrected chi connectivity index (χ2v) is 5.54. The summed E-state index contributed by atoms with van der Waals surface area (Å²) in [6.07, 6.45) is 1.82. The summed E-state index contributed by atoms with van der Waals surface area (Å²) in [5.41, 5.74) is 1.54. The molecule has 3 heterocycles. The molecule has 0 atom stereocenters. The van der Waals surface area contributed by atoms with Crippen molar-refractivity contribution in [3.05, 3.63) is 59.0 Å². The van der Waals surface area contributed by atoms with Gasteiger partial charge in [0.15, 0.2) is 12.3 Å². The number of pyridine rings is 1. The van der Waals surface area contributed by atoms with E-state index in [9.17, 15) is 0 Å². The maximum atomic E-state index is 5.63. The minimum Gasteiger partial charge on any atom is -0.453 e. The second-order valence-electron chi connectivity index (χ2n) is 4.68. The zero-order valence-electron chi connectivity index (χ0n) is 11.8. The molecular formula is C15H10BrN5O2. The van der Waals surface area contributed by atoms with Gasteiger partial charge in [0.1, 0.15) is 0 Å². The van der Waals surface area contributed by atoms with Gasteiger partial charge in [0.05, 0.1) is 5.56 Å². The lowest BCUT2D eigenvalue weighted by Gasteiger charge is -2.00. The molecule has 7 nitrogen and oxygen atoms in total. The van der Waals surface area contributed by atoms with Crippen LogP contribution in [0.1, 0.15) is 5.89 Å². The number of rotatable bonds is 4. The average Bonchev–Trinajstić information content (AvgIpc) is 3.20. The molecule has 0 aliphatic heterocycles. The summed E-state index contributed by atoms with van der Waals surface area (Å²) in [4.78, 5) is 0. The van der Waals surface area contributed by atoms with E-state index >= 15 is 0 Å². The first-order valence-corrected chi connectivity index (χ1v) is 7.60. The summed E-state index contributed by atoms with van der Waals surface area (Å²) in [6, 6.07) is 13.6. The smallest absolute Gasteiger partial charge is 0.322 e. The maximum Gasteiger partial charge on any atom is 0.322 e. The highest BCUT2D eigenvalue weighted by molar-refractivity contribution is 9.10. The van der Waals surface area contributed by atoms with Crippen molar-refractivity contribution in [1.82, 2.24) is 24.8 Å². The molecule has 3 aromatic heterocycles. The van der Waals surface area contributed by atoms with Gasteiger partial charge in [-0.05, 0) is 40.2 Å². The SMILES string of the molecule is Brc1ccccc1-c1nnc(COc2nnc3ccccn23)o1. The Morgan fingerprint density at radius 1 is 1.00 bits per heavy atom. The van der Waals surface area contributed by atoms with Gasteiger partial charge < -0.3 is 9.15 Å². The minimum absolute atomic E-state index is 0.118. The molecule has 8 heteroatoms. The van der Waals surface area contributed by atoms with E-state index in [1.165, 1.54) is 0 Å².